The van der Waals surface area contributed by atoms with Crippen molar-refractivity contribution in [3.63, 3.8) is 0 Å². The minimum absolute atomic E-state index is 0.0511. The summed E-state index contributed by atoms with van der Waals surface area (Å²) in [5, 5.41) is 13.5. The number of carboxylic acids is 1. The van der Waals surface area contributed by atoms with Crippen molar-refractivity contribution >= 4 is 11.6 Å². The highest BCUT2D eigenvalue weighted by molar-refractivity contribution is 5.87. The number of ether oxygens (including phenoxy) is 1. The van der Waals surface area contributed by atoms with Crippen LogP contribution in [-0.2, 0) is 0 Å². The Balaban J connectivity index is 1.66. The Labute approximate surface area is 178 Å². The average molecular weight is 407 g/mol. The maximum absolute atomic E-state index is 11.4. The molecule has 2 heterocycles. The highest BCUT2D eigenvalue weighted by atomic mass is 16.5. The van der Waals surface area contributed by atoms with Crippen LogP contribution in [0.25, 0.3) is 28.0 Å². The van der Waals surface area contributed by atoms with E-state index in [1.165, 1.54) is 10.6 Å². The first-order chi connectivity index (χ1) is 15.2. The van der Waals surface area contributed by atoms with E-state index in [1.807, 2.05) is 91.1 Å². The third-order valence-corrected chi connectivity index (χ3v) is 4.84. The molecule has 0 saturated heterocycles. The molecule has 0 saturated carbocycles. The Hall–Kier alpha value is -4.45. The maximum Gasteiger partial charge on any atom is 0.356 e. The lowest BCUT2D eigenvalue weighted by molar-refractivity contribution is 0.0690. The van der Waals surface area contributed by atoms with Crippen molar-refractivity contribution in [1.82, 2.24) is 14.6 Å². The Bertz CT molecular complexity index is 1380. The van der Waals surface area contributed by atoms with Crippen LogP contribution in [0.15, 0.2) is 97.2 Å². The predicted octanol–water partition coefficient (Wildman–Crippen LogP) is 5.55. The summed E-state index contributed by atoms with van der Waals surface area (Å²) in [6.07, 6.45) is 1.81. The number of para-hydroxylation sites is 1. The minimum Gasteiger partial charge on any atom is -0.476 e. The van der Waals surface area contributed by atoms with Gasteiger partial charge >= 0.3 is 5.97 Å². The number of rotatable bonds is 5. The Morgan fingerprint density at radius 2 is 1.48 bits per heavy atom. The lowest BCUT2D eigenvalue weighted by Crippen LogP contribution is -1.99. The zero-order chi connectivity index (χ0) is 21.2. The van der Waals surface area contributed by atoms with Crippen molar-refractivity contribution in [3.8, 4) is 33.9 Å². The molecular weight excluding hydrogens is 390 g/mol. The van der Waals surface area contributed by atoms with E-state index in [1.54, 1.807) is 0 Å². The van der Waals surface area contributed by atoms with E-state index in [0.717, 1.165) is 22.4 Å². The molecule has 0 atom stereocenters. The maximum atomic E-state index is 11.4. The van der Waals surface area contributed by atoms with Gasteiger partial charge in [0.15, 0.2) is 11.3 Å². The largest absolute Gasteiger partial charge is 0.476 e. The molecule has 1 N–H and O–H groups in total. The van der Waals surface area contributed by atoms with Gasteiger partial charge in [0, 0.05) is 23.4 Å². The van der Waals surface area contributed by atoms with Gasteiger partial charge in [-0.2, -0.15) is 5.10 Å². The van der Waals surface area contributed by atoms with Gasteiger partial charge in [-0.1, -0.05) is 60.7 Å². The van der Waals surface area contributed by atoms with Crippen LogP contribution in [-0.4, -0.2) is 25.7 Å². The summed E-state index contributed by atoms with van der Waals surface area (Å²) in [7, 11) is 0. The fourth-order valence-corrected chi connectivity index (χ4v) is 3.41. The first-order valence-corrected chi connectivity index (χ1v) is 9.70. The average Bonchev–Trinajstić information content (AvgIpc) is 3.23. The first-order valence-electron chi connectivity index (χ1n) is 9.70. The lowest BCUT2D eigenvalue weighted by Gasteiger charge is -2.12. The monoisotopic (exact) mass is 407 g/mol. The highest BCUT2D eigenvalue weighted by Gasteiger charge is 2.16. The van der Waals surface area contributed by atoms with Gasteiger partial charge in [0.25, 0.3) is 0 Å². The molecule has 5 rings (SSSR count). The van der Waals surface area contributed by atoms with E-state index in [0.29, 0.717) is 17.1 Å². The number of aromatic nitrogens is 3. The molecule has 0 bridgehead atoms. The molecule has 0 aliphatic heterocycles. The van der Waals surface area contributed by atoms with Gasteiger partial charge in [0.05, 0.1) is 5.69 Å². The third-order valence-electron chi connectivity index (χ3n) is 4.84. The molecule has 0 aliphatic rings. The van der Waals surface area contributed by atoms with Gasteiger partial charge in [0.2, 0.25) is 0 Å². The molecular formula is C25H17N3O3. The zero-order valence-electron chi connectivity index (χ0n) is 16.3. The molecule has 0 spiro atoms. The second-order valence-electron chi connectivity index (χ2n) is 6.95. The normalized spacial score (nSPS) is 10.8. The summed E-state index contributed by atoms with van der Waals surface area (Å²) in [4.78, 5) is 16.1. The highest BCUT2D eigenvalue weighted by Crippen LogP contribution is 2.33. The second-order valence-corrected chi connectivity index (χ2v) is 6.95. The standard InChI is InChI=1S/C25H17N3O3/c29-25(30)22-15-23-26-24(21(16-28(23)27-22)17-8-3-1-4-9-17)18-10-7-13-20(14-18)31-19-11-5-2-6-12-19/h1-16H,(H,29,30). The number of carboxylic acid groups (broad SMARTS) is 1. The van der Waals surface area contributed by atoms with E-state index in [-0.39, 0.29) is 5.69 Å². The van der Waals surface area contributed by atoms with Gasteiger partial charge in [0.1, 0.15) is 11.5 Å². The summed E-state index contributed by atoms with van der Waals surface area (Å²) in [6.45, 7) is 0. The fourth-order valence-electron chi connectivity index (χ4n) is 3.41. The van der Waals surface area contributed by atoms with Gasteiger partial charge in [-0.3, -0.25) is 0 Å². The molecule has 31 heavy (non-hydrogen) atoms. The number of carbonyl (C=O) groups is 1. The predicted molar refractivity (Wildman–Crippen MR) is 117 cm³/mol. The number of hydrogen-bond donors (Lipinski definition) is 1. The SMILES string of the molecule is O=C(O)c1cc2nc(-c3cccc(Oc4ccccc4)c3)c(-c3ccccc3)cn2n1. The molecule has 3 aromatic carbocycles. The molecule has 5 aromatic rings. The molecule has 2 aromatic heterocycles. The van der Waals surface area contributed by atoms with E-state index >= 15 is 0 Å². The first kappa shape index (κ1) is 18.6. The third kappa shape index (κ3) is 3.74. The van der Waals surface area contributed by atoms with Crippen LogP contribution in [0.2, 0.25) is 0 Å². The van der Waals surface area contributed by atoms with Crippen LogP contribution >= 0.6 is 0 Å². The van der Waals surface area contributed by atoms with E-state index in [9.17, 15) is 9.90 Å². The molecule has 6 heteroatoms. The summed E-state index contributed by atoms with van der Waals surface area (Å²) >= 11 is 0. The molecule has 6 nitrogen and oxygen atoms in total. The lowest BCUT2D eigenvalue weighted by atomic mass is 10.0. The van der Waals surface area contributed by atoms with Gasteiger partial charge < -0.3 is 9.84 Å². The Morgan fingerprint density at radius 3 is 2.23 bits per heavy atom. The molecule has 0 aliphatic carbocycles. The molecule has 0 unspecified atom stereocenters. The van der Waals surface area contributed by atoms with Gasteiger partial charge in [-0.25, -0.2) is 14.3 Å². The van der Waals surface area contributed by atoms with Crippen molar-refractivity contribution in [1.29, 1.82) is 0 Å². The van der Waals surface area contributed by atoms with Crippen molar-refractivity contribution < 1.29 is 14.6 Å². The van der Waals surface area contributed by atoms with E-state index in [4.69, 9.17) is 9.72 Å². The minimum atomic E-state index is -1.09. The van der Waals surface area contributed by atoms with E-state index < -0.39 is 5.97 Å². The fraction of sp³-hybridized carbons (Fsp3) is 0. The molecule has 0 amide bonds. The van der Waals surface area contributed by atoms with Crippen molar-refractivity contribution in [2.45, 2.75) is 0 Å². The number of benzene rings is 3. The topological polar surface area (TPSA) is 76.7 Å². The molecule has 0 fully saturated rings. The number of hydrogen-bond acceptors (Lipinski definition) is 4. The summed E-state index contributed by atoms with van der Waals surface area (Å²) < 4.78 is 7.49. The molecule has 150 valence electrons. The van der Waals surface area contributed by atoms with E-state index in [2.05, 4.69) is 5.10 Å². The number of aromatic carboxylic acids is 1. The van der Waals surface area contributed by atoms with Crippen LogP contribution in [0.1, 0.15) is 10.5 Å². The number of nitrogens with zero attached hydrogens (tertiary/aromatic N) is 3. The summed E-state index contributed by atoms with van der Waals surface area (Å²) in [6, 6.07) is 28.5. The molecule has 0 radical (unpaired) electrons. The van der Waals surface area contributed by atoms with Gasteiger partial charge in [-0.05, 0) is 29.8 Å². The number of fused-ring (bicyclic) bond motifs is 1. The van der Waals surface area contributed by atoms with Crippen LogP contribution in [0.3, 0.4) is 0 Å². The Morgan fingerprint density at radius 1 is 0.806 bits per heavy atom. The zero-order valence-corrected chi connectivity index (χ0v) is 16.3. The van der Waals surface area contributed by atoms with Crippen molar-refractivity contribution in [2.24, 2.45) is 0 Å². The summed E-state index contributed by atoms with van der Waals surface area (Å²) in [5.41, 5.74) is 3.77. The smallest absolute Gasteiger partial charge is 0.356 e. The summed E-state index contributed by atoms with van der Waals surface area (Å²) in [5.74, 6) is 0.337. The van der Waals surface area contributed by atoms with Crippen LogP contribution in [0.4, 0.5) is 0 Å². The Kier molecular flexibility index (Phi) is 4.65. The van der Waals surface area contributed by atoms with Gasteiger partial charge in [-0.15, -0.1) is 0 Å². The van der Waals surface area contributed by atoms with Crippen LogP contribution < -0.4 is 4.74 Å². The van der Waals surface area contributed by atoms with Crippen LogP contribution in [0, 0.1) is 0 Å². The quantitative estimate of drug-likeness (QED) is 0.413. The van der Waals surface area contributed by atoms with Crippen molar-refractivity contribution in [2.75, 3.05) is 0 Å². The second kappa shape index (κ2) is 7.76. The van der Waals surface area contributed by atoms with Crippen molar-refractivity contribution in [3.05, 3.63) is 103 Å². The van der Waals surface area contributed by atoms with Crippen LogP contribution in [0.5, 0.6) is 11.5 Å².